The highest BCUT2D eigenvalue weighted by molar-refractivity contribution is 5.80. The summed E-state index contributed by atoms with van der Waals surface area (Å²) in [5.74, 6) is 1.84. The molecule has 3 fully saturated rings. The van der Waals surface area contributed by atoms with E-state index in [0.29, 0.717) is 19.6 Å². The van der Waals surface area contributed by atoms with Gasteiger partial charge in [0.1, 0.15) is 17.7 Å². The van der Waals surface area contributed by atoms with Crippen molar-refractivity contribution in [1.82, 2.24) is 20.0 Å². The lowest BCUT2D eigenvalue weighted by Crippen LogP contribution is -2.64. The molecule has 3 heterocycles. The molecule has 0 spiro atoms. The molecule has 180 valence electrons. The number of fused-ring (bicyclic) bond motifs is 3. The maximum Gasteiger partial charge on any atom is 0.322 e. The number of methoxy groups -OCH3 is 2. The minimum absolute atomic E-state index is 0.0365. The predicted molar refractivity (Wildman–Crippen MR) is 127 cm³/mol. The molecule has 0 aliphatic carbocycles. The Balaban J connectivity index is 1.34. The molecule has 3 atom stereocenters. The molecule has 3 aliphatic rings. The van der Waals surface area contributed by atoms with Crippen LogP contribution in [0.4, 0.5) is 9.59 Å². The quantitative estimate of drug-likeness (QED) is 0.708. The Morgan fingerprint density at radius 1 is 0.941 bits per heavy atom. The van der Waals surface area contributed by atoms with E-state index >= 15 is 0 Å². The van der Waals surface area contributed by atoms with Crippen molar-refractivity contribution in [2.75, 3.05) is 27.3 Å². The second-order valence-electron chi connectivity index (χ2n) is 9.23. The van der Waals surface area contributed by atoms with E-state index in [9.17, 15) is 9.59 Å². The van der Waals surface area contributed by atoms with Crippen molar-refractivity contribution < 1.29 is 19.1 Å². The molecule has 2 aromatic rings. The zero-order valence-electron chi connectivity index (χ0n) is 19.8. The van der Waals surface area contributed by atoms with Crippen LogP contribution in [0.15, 0.2) is 48.5 Å². The summed E-state index contributed by atoms with van der Waals surface area (Å²) in [5, 5.41) is 3.06. The van der Waals surface area contributed by atoms with Gasteiger partial charge in [-0.25, -0.2) is 9.59 Å². The van der Waals surface area contributed by atoms with E-state index in [1.165, 1.54) is 0 Å². The van der Waals surface area contributed by atoms with Crippen molar-refractivity contribution in [2.24, 2.45) is 5.92 Å². The number of likely N-dealkylation sites (tertiary alicyclic amines) is 1. The highest BCUT2D eigenvalue weighted by Crippen LogP contribution is 2.42. The van der Waals surface area contributed by atoms with Crippen LogP contribution in [0.1, 0.15) is 30.4 Å². The molecule has 0 saturated carbocycles. The Bertz CT molecular complexity index is 1030. The number of amides is 4. The summed E-state index contributed by atoms with van der Waals surface area (Å²) in [6.07, 6.45) is 2.73. The lowest BCUT2D eigenvalue weighted by atomic mass is 9.91. The van der Waals surface area contributed by atoms with E-state index in [0.717, 1.165) is 48.4 Å². The molecule has 3 aliphatic heterocycles. The number of carbonyl (C=O) groups is 2. The fourth-order valence-electron chi connectivity index (χ4n) is 5.68. The van der Waals surface area contributed by atoms with Crippen molar-refractivity contribution >= 4 is 12.1 Å². The molecular weight excluding hydrogens is 432 g/mol. The Hall–Kier alpha value is -3.42. The number of hydrogen-bond donors (Lipinski definition) is 1. The van der Waals surface area contributed by atoms with Gasteiger partial charge in [0.15, 0.2) is 0 Å². The summed E-state index contributed by atoms with van der Waals surface area (Å²) < 4.78 is 10.5. The van der Waals surface area contributed by atoms with E-state index in [1.54, 1.807) is 14.2 Å². The average Bonchev–Trinajstić information content (AvgIpc) is 3.53. The Morgan fingerprint density at radius 2 is 1.59 bits per heavy atom. The smallest absolute Gasteiger partial charge is 0.322 e. The lowest BCUT2D eigenvalue weighted by Gasteiger charge is -2.48. The summed E-state index contributed by atoms with van der Waals surface area (Å²) in [6, 6.07) is 15.6. The molecule has 0 unspecified atom stereocenters. The Morgan fingerprint density at radius 3 is 2.24 bits per heavy atom. The number of ether oxygens (including phenoxy) is 2. The van der Waals surface area contributed by atoms with Gasteiger partial charge < -0.3 is 24.6 Å². The van der Waals surface area contributed by atoms with Crippen LogP contribution >= 0.6 is 0 Å². The average molecular weight is 465 g/mol. The monoisotopic (exact) mass is 464 g/mol. The van der Waals surface area contributed by atoms with Crippen LogP contribution in [-0.2, 0) is 13.1 Å². The third kappa shape index (κ3) is 4.13. The van der Waals surface area contributed by atoms with Crippen molar-refractivity contribution in [3.05, 3.63) is 59.7 Å². The lowest BCUT2D eigenvalue weighted by molar-refractivity contribution is 0.00876. The van der Waals surface area contributed by atoms with Crippen molar-refractivity contribution in [3.8, 4) is 11.5 Å². The standard InChI is InChI=1S/C26H32N4O4/c1-33-20-9-5-18(6-10-20)16-27-25(31)29-15-13-22-23-4-3-14-28(23)26(32)30(24(22)29)17-19-7-11-21(34-2)12-8-19/h5-12,22-24H,3-4,13-17H2,1-2H3,(H,27,31)/t22-,23+,24+/m0/s1. The first kappa shape index (κ1) is 22.4. The highest BCUT2D eigenvalue weighted by Gasteiger charge is 2.54. The molecule has 8 heteroatoms. The number of nitrogens with one attached hydrogen (secondary N) is 1. The van der Waals surface area contributed by atoms with Gasteiger partial charge >= 0.3 is 12.1 Å². The van der Waals surface area contributed by atoms with Crippen LogP contribution < -0.4 is 14.8 Å². The molecule has 0 bridgehead atoms. The van der Waals surface area contributed by atoms with Gasteiger partial charge in [-0.2, -0.15) is 0 Å². The summed E-state index contributed by atoms with van der Waals surface area (Å²) in [5.41, 5.74) is 2.03. The molecule has 0 radical (unpaired) electrons. The fraction of sp³-hybridized carbons (Fsp3) is 0.462. The van der Waals surface area contributed by atoms with Gasteiger partial charge in [0, 0.05) is 38.1 Å². The van der Waals surface area contributed by atoms with Crippen LogP contribution in [0.3, 0.4) is 0 Å². The maximum absolute atomic E-state index is 13.5. The molecule has 3 saturated heterocycles. The largest absolute Gasteiger partial charge is 0.497 e. The summed E-state index contributed by atoms with van der Waals surface area (Å²) in [6.45, 7) is 2.35. The van der Waals surface area contributed by atoms with Crippen molar-refractivity contribution in [3.63, 3.8) is 0 Å². The van der Waals surface area contributed by atoms with Crippen molar-refractivity contribution in [2.45, 2.75) is 44.6 Å². The van der Waals surface area contributed by atoms with Crippen LogP contribution in [-0.4, -0.2) is 66.3 Å². The SMILES string of the molecule is COc1ccc(CNC(=O)N2CC[C@@H]3[C@H]2N(Cc2ccc(OC)cc2)C(=O)N2CCC[C@H]32)cc1. The molecule has 2 aromatic carbocycles. The van der Waals surface area contributed by atoms with Crippen LogP contribution in [0.2, 0.25) is 0 Å². The number of hydrogen-bond acceptors (Lipinski definition) is 4. The normalized spacial score (nSPS) is 23.5. The minimum Gasteiger partial charge on any atom is -0.497 e. The molecule has 5 rings (SSSR count). The summed E-state index contributed by atoms with van der Waals surface area (Å²) >= 11 is 0. The Labute approximate surface area is 200 Å². The van der Waals surface area contributed by atoms with Crippen LogP contribution in [0.25, 0.3) is 0 Å². The molecule has 1 N–H and O–H groups in total. The first-order chi connectivity index (χ1) is 16.6. The molecule has 8 nitrogen and oxygen atoms in total. The van der Waals surface area contributed by atoms with Gasteiger partial charge in [-0.3, -0.25) is 4.90 Å². The van der Waals surface area contributed by atoms with E-state index in [1.807, 2.05) is 63.2 Å². The van der Waals surface area contributed by atoms with E-state index in [2.05, 4.69) is 5.32 Å². The number of urea groups is 2. The maximum atomic E-state index is 13.5. The van der Waals surface area contributed by atoms with E-state index in [4.69, 9.17) is 9.47 Å². The second kappa shape index (κ2) is 9.44. The first-order valence-corrected chi connectivity index (χ1v) is 12.0. The predicted octanol–water partition coefficient (Wildman–Crippen LogP) is 3.66. The summed E-state index contributed by atoms with van der Waals surface area (Å²) in [4.78, 5) is 32.6. The number of benzene rings is 2. The fourth-order valence-corrected chi connectivity index (χ4v) is 5.68. The van der Waals surface area contributed by atoms with Gasteiger partial charge in [0.25, 0.3) is 0 Å². The Kier molecular flexibility index (Phi) is 6.22. The van der Waals surface area contributed by atoms with Gasteiger partial charge in [0.05, 0.1) is 14.2 Å². The van der Waals surface area contributed by atoms with Gasteiger partial charge in [-0.1, -0.05) is 24.3 Å². The molecule has 0 aromatic heterocycles. The number of carbonyl (C=O) groups excluding carboxylic acids is 2. The van der Waals surface area contributed by atoms with E-state index < -0.39 is 0 Å². The van der Waals surface area contributed by atoms with Crippen LogP contribution in [0.5, 0.6) is 11.5 Å². The first-order valence-electron chi connectivity index (χ1n) is 12.0. The summed E-state index contributed by atoms with van der Waals surface area (Å²) in [7, 11) is 3.28. The molecule has 34 heavy (non-hydrogen) atoms. The number of nitrogens with zero attached hydrogens (tertiary/aromatic N) is 3. The van der Waals surface area contributed by atoms with Gasteiger partial charge in [-0.05, 0) is 54.7 Å². The van der Waals surface area contributed by atoms with Crippen molar-refractivity contribution in [1.29, 1.82) is 0 Å². The minimum atomic E-state index is -0.232. The third-order valence-electron chi connectivity index (χ3n) is 7.39. The van der Waals surface area contributed by atoms with Gasteiger partial charge in [0.2, 0.25) is 0 Å². The molecule has 4 amide bonds. The van der Waals surface area contributed by atoms with E-state index in [-0.39, 0.29) is 30.2 Å². The van der Waals surface area contributed by atoms with Crippen LogP contribution in [0, 0.1) is 5.92 Å². The topological polar surface area (TPSA) is 74.4 Å². The van der Waals surface area contributed by atoms with Gasteiger partial charge in [-0.15, -0.1) is 0 Å². The zero-order chi connectivity index (χ0) is 23.7. The second-order valence-corrected chi connectivity index (χ2v) is 9.23. The highest BCUT2D eigenvalue weighted by atomic mass is 16.5. The molecular formula is C26H32N4O4. The third-order valence-corrected chi connectivity index (χ3v) is 7.39. The zero-order valence-corrected chi connectivity index (χ0v) is 19.8. The number of rotatable bonds is 6.